The second-order valence-electron chi connectivity index (χ2n) is 6.26. The summed E-state index contributed by atoms with van der Waals surface area (Å²) in [7, 11) is 0. The Bertz CT molecular complexity index is 1090. The number of imidazole rings is 1. The van der Waals surface area contributed by atoms with Crippen LogP contribution in [0.4, 0.5) is 5.69 Å². The van der Waals surface area contributed by atoms with Crippen LogP contribution >= 0.6 is 0 Å². The molecule has 0 atom stereocenters. The predicted octanol–water partition coefficient (Wildman–Crippen LogP) is 3.07. The minimum Gasteiger partial charge on any atom is -0.410 e. The molecule has 7 nitrogen and oxygen atoms in total. The number of amides is 1. The molecule has 0 bridgehead atoms. The van der Waals surface area contributed by atoms with Crippen LogP contribution < -0.4 is 4.90 Å². The molecule has 1 N–H and O–H groups in total. The number of carbonyl (C=O) groups excluding carboxylic acids is 1. The van der Waals surface area contributed by atoms with E-state index in [-0.39, 0.29) is 18.2 Å². The Morgan fingerprint density at radius 1 is 1.15 bits per heavy atom. The molecule has 0 aliphatic carbocycles. The maximum atomic E-state index is 12.7. The van der Waals surface area contributed by atoms with Gasteiger partial charge in [0.25, 0.3) is 5.91 Å². The number of hydrogen-bond acceptors (Lipinski definition) is 4. The molecule has 7 heteroatoms. The first-order valence-electron chi connectivity index (χ1n) is 8.65. The van der Waals surface area contributed by atoms with Crippen molar-refractivity contribution in [3.05, 3.63) is 71.3 Å². The van der Waals surface area contributed by atoms with E-state index in [1.165, 1.54) is 0 Å². The molecule has 1 aliphatic heterocycles. The van der Waals surface area contributed by atoms with Crippen LogP contribution in [-0.4, -0.2) is 32.9 Å². The van der Waals surface area contributed by atoms with Gasteiger partial charge in [0.05, 0.1) is 23.3 Å². The number of anilines is 1. The number of rotatable bonds is 5. The molecule has 2 aromatic carbocycles. The molecule has 27 heavy (non-hydrogen) atoms. The van der Waals surface area contributed by atoms with Crippen LogP contribution in [0.15, 0.2) is 53.7 Å². The SMILES string of the molecule is [C-]#[N+]CCCn1c(CN2C(=O)C(=NO)c3ccccc32)nc2ccccc21. The highest BCUT2D eigenvalue weighted by Crippen LogP contribution is 2.31. The van der Waals surface area contributed by atoms with Crippen molar-refractivity contribution in [2.75, 3.05) is 11.4 Å². The third-order valence-corrected chi connectivity index (χ3v) is 4.68. The summed E-state index contributed by atoms with van der Waals surface area (Å²) in [6.45, 7) is 8.35. The minimum atomic E-state index is -0.349. The van der Waals surface area contributed by atoms with Crippen LogP contribution in [0, 0.1) is 6.57 Å². The van der Waals surface area contributed by atoms with Crippen molar-refractivity contribution in [2.45, 2.75) is 19.5 Å². The van der Waals surface area contributed by atoms with Crippen molar-refractivity contribution in [3.8, 4) is 0 Å². The van der Waals surface area contributed by atoms with Gasteiger partial charge in [-0.2, -0.15) is 0 Å². The summed E-state index contributed by atoms with van der Waals surface area (Å²) < 4.78 is 2.06. The lowest BCUT2D eigenvalue weighted by Gasteiger charge is -2.17. The molecule has 0 saturated heterocycles. The number of oxime groups is 1. The maximum Gasteiger partial charge on any atom is 0.281 e. The molecule has 3 aromatic rings. The van der Waals surface area contributed by atoms with Crippen LogP contribution in [0.1, 0.15) is 17.8 Å². The number of carbonyl (C=O) groups is 1. The lowest BCUT2D eigenvalue weighted by molar-refractivity contribution is -0.112. The van der Waals surface area contributed by atoms with Gasteiger partial charge in [0, 0.05) is 18.5 Å². The Hall–Kier alpha value is -3.66. The van der Waals surface area contributed by atoms with Crippen molar-refractivity contribution >= 4 is 28.3 Å². The fourth-order valence-electron chi connectivity index (χ4n) is 3.46. The number of para-hydroxylation sites is 3. The third-order valence-electron chi connectivity index (χ3n) is 4.68. The average Bonchev–Trinajstić information content (AvgIpc) is 3.17. The van der Waals surface area contributed by atoms with E-state index >= 15 is 0 Å². The predicted molar refractivity (Wildman–Crippen MR) is 102 cm³/mol. The van der Waals surface area contributed by atoms with E-state index in [1.807, 2.05) is 36.4 Å². The third kappa shape index (κ3) is 2.81. The van der Waals surface area contributed by atoms with Crippen molar-refractivity contribution in [3.63, 3.8) is 0 Å². The van der Waals surface area contributed by atoms with E-state index < -0.39 is 0 Å². The zero-order valence-corrected chi connectivity index (χ0v) is 14.5. The Kier molecular flexibility index (Phi) is 4.30. The van der Waals surface area contributed by atoms with E-state index in [0.717, 1.165) is 16.9 Å². The van der Waals surface area contributed by atoms with Crippen molar-refractivity contribution < 1.29 is 10.0 Å². The summed E-state index contributed by atoms with van der Waals surface area (Å²) >= 11 is 0. The molecular formula is C20H17N5O2. The van der Waals surface area contributed by atoms with Gasteiger partial charge in [0.15, 0.2) is 5.71 Å². The molecule has 2 heterocycles. The first-order valence-corrected chi connectivity index (χ1v) is 8.65. The molecule has 0 saturated carbocycles. The van der Waals surface area contributed by atoms with Gasteiger partial charge in [-0.05, 0) is 18.2 Å². The van der Waals surface area contributed by atoms with E-state index in [4.69, 9.17) is 11.6 Å². The number of aromatic nitrogens is 2. The summed E-state index contributed by atoms with van der Waals surface area (Å²) in [5, 5.41) is 12.5. The van der Waals surface area contributed by atoms with Crippen LogP contribution in [0.2, 0.25) is 0 Å². The standard InChI is InChI=1S/C20H17N5O2/c1-21-11-6-12-24-17-10-5-3-8-15(17)22-18(24)13-25-16-9-4-2-7-14(16)19(23-27)20(25)26/h2-5,7-10,27H,6,11-13H2. The lowest BCUT2D eigenvalue weighted by atomic mass is 10.1. The second kappa shape index (κ2) is 6.92. The Labute approximate surface area is 156 Å². The normalized spacial score (nSPS) is 14.7. The fraction of sp³-hybridized carbons (Fsp3) is 0.200. The Morgan fingerprint density at radius 2 is 1.93 bits per heavy atom. The average molecular weight is 359 g/mol. The van der Waals surface area contributed by atoms with Crippen LogP contribution in [0.25, 0.3) is 15.9 Å². The van der Waals surface area contributed by atoms with Crippen LogP contribution in [0.5, 0.6) is 0 Å². The zero-order chi connectivity index (χ0) is 18.8. The molecule has 4 rings (SSSR count). The van der Waals surface area contributed by atoms with Crippen molar-refractivity contribution in [2.24, 2.45) is 5.16 Å². The number of fused-ring (bicyclic) bond motifs is 2. The summed E-state index contributed by atoms with van der Waals surface area (Å²) in [5.74, 6) is 0.391. The second-order valence-corrected chi connectivity index (χ2v) is 6.26. The first kappa shape index (κ1) is 16.8. The molecule has 1 aromatic heterocycles. The quantitative estimate of drug-likeness (QED) is 0.329. The monoisotopic (exact) mass is 359 g/mol. The molecule has 0 fully saturated rings. The van der Waals surface area contributed by atoms with Gasteiger partial charge in [0.1, 0.15) is 5.82 Å². The number of hydrogen-bond donors (Lipinski definition) is 1. The van der Waals surface area contributed by atoms with Gasteiger partial charge in [-0.1, -0.05) is 35.5 Å². The summed E-state index contributed by atoms with van der Waals surface area (Å²) in [5.41, 5.74) is 3.19. The van der Waals surface area contributed by atoms with Crippen molar-refractivity contribution in [1.82, 2.24) is 9.55 Å². The van der Waals surface area contributed by atoms with Gasteiger partial charge in [-0.3, -0.25) is 9.69 Å². The molecule has 0 unspecified atom stereocenters. The number of nitrogens with zero attached hydrogens (tertiary/aromatic N) is 5. The number of benzene rings is 2. The largest absolute Gasteiger partial charge is 0.410 e. The van der Waals surface area contributed by atoms with Crippen molar-refractivity contribution in [1.29, 1.82) is 0 Å². The summed E-state index contributed by atoms with van der Waals surface area (Å²) in [6.07, 6.45) is 0.713. The minimum absolute atomic E-state index is 0.0428. The topological polar surface area (TPSA) is 75.1 Å². The number of aryl methyl sites for hydroxylation is 1. The first-order chi connectivity index (χ1) is 13.2. The summed E-state index contributed by atoms with van der Waals surface area (Å²) in [4.78, 5) is 22.4. The molecule has 0 radical (unpaired) electrons. The Balaban J connectivity index is 1.74. The van der Waals surface area contributed by atoms with Gasteiger partial charge >= 0.3 is 0 Å². The maximum absolute atomic E-state index is 12.7. The molecule has 1 amide bonds. The highest BCUT2D eigenvalue weighted by Gasteiger charge is 2.35. The van der Waals surface area contributed by atoms with Gasteiger partial charge < -0.3 is 14.6 Å². The van der Waals surface area contributed by atoms with Gasteiger partial charge in [-0.15, -0.1) is 0 Å². The van der Waals surface area contributed by atoms with Gasteiger partial charge in [-0.25, -0.2) is 11.6 Å². The molecule has 134 valence electrons. The zero-order valence-electron chi connectivity index (χ0n) is 14.5. The summed E-state index contributed by atoms with van der Waals surface area (Å²) in [6, 6.07) is 15.0. The molecule has 1 aliphatic rings. The molecular weight excluding hydrogens is 342 g/mol. The van der Waals surface area contributed by atoms with E-state index in [1.54, 1.807) is 17.0 Å². The lowest BCUT2D eigenvalue weighted by Crippen LogP contribution is -2.31. The van der Waals surface area contributed by atoms with Crippen LogP contribution in [-0.2, 0) is 17.9 Å². The Morgan fingerprint density at radius 3 is 2.74 bits per heavy atom. The highest BCUT2D eigenvalue weighted by atomic mass is 16.4. The smallest absolute Gasteiger partial charge is 0.281 e. The van der Waals surface area contributed by atoms with Crippen LogP contribution in [0.3, 0.4) is 0 Å². The highest BCUT2D eigenvalue weighted by molar-refractivity contribution is 6.54. The fourth-order valence-corrected chi connectivity index (χ4v) is 3.46. The van der Waals surface area contributed by atoms with E-state index in [0.29, 0.717) is 30.8 Å². The van der Waals surface area contributed by atoms with Gasteiger partial charge in [0.2, 0.25) is 6.54 Å². The van der Waals surface area contributed by atoms with E-state index in [9.17, 15) is 10.0 Å². The molecule has 0 spiro atoms. The van der Waals surface area contributed by atoms with E-state index in [2.05, 4.69) is 14.6 Å².